The molecule has 0 atom stereocenters. The topological polar surface area (TPSA) is 42.7 Å². The van der Waals surface area contributed by atoms with Gasteiger partial charge in [-0.1, -0.05) is 0 Å². The maximum atomic E-state index is 4.21. The number of hydrogen-bond donors (Lipinski definition) is 1. The van der Waals surface area contributed by atoms with Gasteiger partial charge in [0.2, 0.25) is 0 Å². The SMILES string of the molecule is Cn1nccc1CCNCc1nccs1. The van der Waals surface area contributed by atoms with Crippen LogP contribution >= 0.6 is 11.3 Å². The molecular formula is C10H14N4S. The Balaban J connectivity index is 1.70. The zero-order valence-electron chi connectivity index (χ0n) is 8.68. The van der Waals surface area contributed by atoms with Gasteiger partial charge in [0.25, 0.3) is 0 Å². The highest BCUT2D eigenvalue weighted by Gasteiger charge is 1.98. The van der Waals surface area contributed by atoms with Crippen molar-refractivity contribution in [3.63, 3.8) is 0 Å². The van der Waals surface area contributed by atoms with Crippen LogP contribution in [0.15, 0.2) is 23.8 Å². The van der Waals surface area contributed by atoms with Gasteiger partial charge >= 0.3 is 0 Å². The molecule has 2 aromatic heterocycles. The molecule has 0 aromatic carbocycles. The molecule has 0 unspecified atom stereocenters. The summed E-state index contributed by atoms with van der Waals surface area (Å²) in [5.41, 5.74) is 1.25. The molecule has 5 heteroatoms. The molecule has 0 amide bonds. The van der Waals surface area contributed by atoms with Gasteiger partial charge in [0.1, 0.15) is 5.01 Å². The van der Waals surface area contributed by atoms with Gasteiger partial charge < -0.3 is 5.32 Å². The van der Waals surface area contributed by atoms with Gasteiger partial charge in [-0.2, -0.15) is 5.10 Å². The van der Waals surface area contributed by atoms with Crippen LogP contribution in [0.2, 0.25) is 0 Å². The third-order valence-electron chi connectivity index (χ3n) is 2.24. The minimum Gasteiger partial charge on any atom is -0.310 e. The summed E-state index contributed by atoms with van der Waals surface area (Å²) in [5, 5.41) is 10.6. The molecule has 0 aliphatic carbocycles. The number of thiazole rings is 1. The van der Waals surface area contributed by atoms with Gasteiger partial charge in [0, 0.05) is 50.0 Å². The molecule has 2 rings (SSSR count). The van der Waals surface area contributed by atoms with E-state index in [0.717, 1.165) is 24.5 Å². The van der Waals surface area contributed by atoms with Crippen molar-refractivity contribution >= 4 is 11.3 Å². The van der Waals surface area contributed by atoms with Crippen LogP contribution in [-0.2, 0) is 20.0 Å². The normalized spacial score (nSPS) is 10.7. The first-order chi connectivity index (χ1) is 7.36. The molecular weight excluding hydrogens is 208 g/mol. The highest BCUT2D eigenvalue weighted by molar-refractivity contribution is 7.09. The Labute approximate surface area is 93.0 Å². The van der Waals surface area contributed by atoms with Gasteiger partial charge in [-0.05, 0) is 6.07 Å². The first-order valence-electron chi connectivity index (χ1n) is 4.92. The summed E-state index contributed by atoms with van der Waals surface area (Å²) in [5.74, 6) is 0. The highest BCUT2D eigenvalue weighted by Crippen LogP contribution is 2.02. The lowest BCUT2D eigenvalue weighted by molar-refractivity contribution is 0.641. The fraction of sp³-hybridized carbons (Fsp3) is 0.400. The Morgan fingerprint density at radius 1 is 1.47 bits per heavy atom. The van der Waals surface area contributed by atoms with Crippen molar-refractivity contribution in [3.05, 3.63) is 34.5 Å². The van der Waals surface area contributed by atoms with Gasteiger partial charge in [-0.15, -0.1) is 11.3 Å². The Morgan fingerprint density at radius 3 is 3.07 bits per heavy atom. The predicted octanol–water partition coefficient (Wildman–Crippen LogP) is 1.21. The van der Waals surface area contributed by atoms with Crippen molar-refractivity contribution in [1.82, 2.24) is 20.1 Å². The standard InChI is InChI=1S/C10H14N4S/c1-14-9(3-5-13-14)2-4-11-8-10-12-6-7-15-10/h3,5-7,11H,2,4,8H2,1H3. The maximum Gasteiger partial charge on any atom is 0.106 e. The predicted molar refractivity (Wildman–Crippen MR) is 60.7 cm³/mol. The van der Waals surface area contributed by atoms with Crippen LogP contribution in [0.1, 0.15) is 10.7 Å². The molecule has 1 N–H and O–H groups in total. The van der Waals surface area contributed by atoms with E-state index in [0.29, 0.717) is 0 Å². The highest BCUT2D eigenvalue weighted by atomic mass is 32.1. The lowest BCUT2D eigenvalue weighted by Crippen LogP contribution is -2.17. The summed E-state index contributed by atoms with van der Waals surface area (Å²) in [4.78, 5) is 4.21. The van der Waals surface area contributed by atoms with E-state index in [-0.39, 0.29) is 0 Å². The van der Waals surface area contributed by atoms with Crippen LogP contribution in [-0.4, -0.2) is 21.3 Å². The van der Waals surface area contributed by atoms with Gasteiger partial charge in [-0.3, -0.25) is 4.68 Å². The number of aromatic nitrogens is 3. The Hall–Kier alpha value is -1.20. The van der Waals surface area contributed by atoms with Crippen LogP contribution in [0, 0.1) is 0 Å². The van der Waals surface area contributed by atoms with Crippen LogP contribution in [0.4, 0.5) is 0 Å². The molecule has 4 nitrogen and oxygen atoms in total. The first-order valence-corrected chi connectivity index (χ1v) is 5.80. The second kappa shape index (κ2) is 5.04. The summed E-state index contributed by atoms with van der Waals surface area (Å²) in [6.07, 6.45) is 4.67. The molecule has 0 radical (unpaired) electrons. The fourth-order valence-electron chi connectivity index (χ4n) is 1.40. The smallest absolute Gasteiger partial charge is 0.106 e. The van der Waals surface area contributed by atoms with Crippen LogP contribution in [0.25, 0.3) is 0 Å². The summed E-state index contributed by atoms with van der Waals surface area (Å²) in [6, 6.07) is 2.05. The number of hydrogen-bond acceptors (Lipinski definition) is 4. The van der Waals surface area contributed by atoms with Crippen molar-refractivity contribution in [2.45, 2.75) is 13.0 Å². The van der Waals surface area contributed by atoms with Crippen molar-refractivity contribution in [2.24, 2.45) is 7.05 Å². The largest absolute Gasteiger partial charge is 0.310 e. The fourth-order valence-corrected chi connectivity index (χ4v) is 1.98. The molecule has 0 fully saturated rings. The summed E-state index contributed by atoms with van der Waals surface area (Å²) in [6.45, 7) is 1.81. The van der Waals surface area contributed by atoms with E-state index in [2.05, 4.69) is 15.4 Å². The van der Waals surface area contributed by atoms with E-state index < -0.39 is 0 Å². The average molecular weight is 222 g/mol. The molecule has 0 spiro atoms. The lowest BCUT2D eigenvalue weighted by Gasteiger charge is -2.03. The minimum atomic E-state index is 0.857. The molecule has 15 heavy (non-hydrogen) atoms. The van der Waals surface area contributed by atoms with E-state index in [1.54, 1.807) is 11.3 Å². The Morgan fingerprint density at radius 2 is 2.40 bits per heavy atom. The van der Waals surface area contributed by atoms with Crippen molar-refractivity contribution in [2.75, 3.05) is 6.54 Å². The Kier molecular flexibility index (Phi) is 3.47. The summed E-state index contributed by atoms with van der Waals surface area (Å²) >= 11 is 1.68. The molecule has 0 aliphatic heterocycles. The number of nitrogens with one attached hydrogen (secondary N) is 1. The van der Waals surface area contributed by atoms with Gasteiger partial charge in [0.15, 0.2) is 0 Å². The molecule has 0 saturated carbocycles. The van der Waals surface area contributed by atoms with Crippen LogP contribution in [0.3, 0.4) is 0 Å². The zero-order chi connectivity index (χ0) is 10.5. The van der Waals surface area contributed by atoms with Crippen molar-refractivity contribution < 1.29 is 0 Å². The van der Waals surface area contributed by atoms with Crippen LogP contribution in [0.5, 0.6) is 0 Å². The van der Waals surface area contributed by atoms with Crippen molar-refractivity contribution in [3.8, 4) is 0 Å². The van der Waals surface area contributed by atoms with E-state index in [4.69, 9.17) is 0 Å². The molecule has 80 valence electrons. The second-order valence-electron chi connectivity index (χ2n) is 3.30. The van der Waals surface area contributed by atoms with Crippen LogP contribution < -0.4 is 5.32 Å². The molecule has 0 bridgehead atoms. The Bertz CT molecular complexity index is 393. The maximum absolute atomic E-state index is 4.21. The van der Waals surface area contributed by atoms with E-state index in [1.165, 1.54) is 5.69 Å². The molecule has 2 heterocycles. The average Bonchev–Trinajstić information content (AvgIpc) is 2.85. The van der Waals surface area contributed by atoms with Gasteiger partial charge in [0.05, 0.1) is 0 Å². The molecule has 0 aliphatic rings. The van der Waals surface area contributed by atoms with E-state index in [1.807, 2.05) is 35.6 Å². The first kappa shape index (κ1) is 10.3. The summed E-state index contributed by atoms with van der Waals surface area (Å²) < 4.78 is 1.91. The number of aryl methyl sites for hydroxylation is 1. The minimum absolute atomic E-state index is 0.857. The van der Waals surface area contributed by atoms with Gasteiger partial charge in [-0.25, -0.2) is 4.98 Å². The molecule has 0 saturated heterocycles. The summed E-state index contributed by atoms with van der Waals surface area (Å²) in [7, 11) is 1.97. The molecule has 2 aromatic rings. The third kappa shape index (κ3) is 2.87. The van der Waals surface area contributed by atoms with Crippen molar-refractivity contribution in [1.29, 1.82) is 0 Å². The number of rotatable bonds is 5. The number of nitrogens with zero attached hydrogens (tertiary/aromatic N) is 3. The lowest BCUT2D eigenvalue weighted by atomic mass is 10.3. The van der Waals surface area contributed by atoms with E-state index >= 15 is 0 Å². The zero-order valence-corrected chi connectivity index (χ0v) is 9.50. The van der Waals surface area contributed by atoms with E-state index in [9.17, 15) is 0 Å². The third-order valence-corrected chi connectivity index (χ3v) is 3.02. The second-order valence-corrected chi connectivity index (χ2v) is 4.28. The quantitative estimate of drug-likeness (QED) is 0.773. The monoisotopic (exact) mass is 222 g/mol.